The van der Waals surface area contributed by atoms with Gasteiger partial charge in [-0.25, -0.2) is 8.78 Å². The molecule has 0 heterocycles. The molecular formula is C8H12F2OS2. The van der Waals surface area contributed by atoms with Crippen molar-refractivity contribution in [1.29, 1.82) is 0 Å². The van der Waals surface area contributed by atoms with E-state index in [9.17, 15) is 13.6 Å². The second-order valence-corrected chi connectivity index (χ2v) is 4.90. The average Bonchev–Trinajstić information content (AvgIpc) is 2.09. The molecule has 1 rings (SSSR count). The molecule has 5 heteroatoms. The van der Waals surface area contributed by atoms with Crippen molar-refractivity contribution in [3.05, 3.63) is 0 Å². The van der Waals surface area contributed by atoms with Gasteiger partial charge in [0.25, 0.3) is 0 Å². The molecule has 0 radical (unpaired) electrons. The summed E-state index contributed by atoms with van der Waals surface area (Å²) < 4.78 is 25.6. The van der Waals surface area contributed by atoms with E-state index in [1.807, 2.05) is 0 Å². The van der Waals surface area contributed by atoms with Gasteiger partial charge in [0.1, 0.15) is 0 Å². The third-order valence-corrected chi connectivity index (χ3v) is 3.82. The fourth-order valence-corrected chi connectivity index (χ4v) is 2.57. The minimum Gasteiger partial charge on any atom is -0.286 e. The van der Waals surface area contributed by atoms with Gasteiger partial charge in [0, 0.05) is 18.3 Å². The lowest BCUT2D eigenvalue weighted by Crippen LogP contribution is -2.35. The second-order valence-electron chi connectivity index (χ2n) is 3.80. The molecule has 0 aromatic carbocycles. The number of carbonyl (C=O) groups excluding carboxylic acids is 1. The van der Waals surface area contributed by atoms with E-state index in [1.165, 1.54) is 0 Å². The number of carbonyl (C=O) groups is 1. The molecule has 0 amide bonds. The Morgan fingerprint density at radius 3 is 2.15 bits per heavy atom. The maximum Gasteiger partial charge on any atom is 0.248 e. The van der Waals surface area contributed by atoms with E-state index in [4.69, 9.17) is 0 Å². The van der Waals surface area contributed by atoms with Gasteiger partial charge in [0.05, 0.1) is 0 Å². The van der Waals surface area contributed by atoms with Gasteiger partial charge in [-0.05, 0) is 23.6 Å². The van der Waals surface area contributed by atoms with Crippen LogP contribution >= 0.6 is 22.5 Å². The Morgan fingerprint density at radius 1 is 1.31 bits per heavy atom. The van der Waals surface area contributed by atoms with Gasteiger partial charge in [-0.2, -0.15) is 0 Å². The molecule has 76 valence electrons. The summed E-state index contributed by atoms with van der Waals surface area (Å²) in [4.78, 5) is 11.3. The quantitative estimate of drug-likeness (QED) is 0.546. The zero-order valence-electron chi connectivity index (χ0n) is 7.35. The summed E-state index contributed by atoms with van der Waals surface area (Å²) in [7, 11) is 0.841. The monoisotopic (exact) mass is 226 g/mol. The van der Waals surface area contributed by atoms with Crippen LogP contribution in [0.25, 0.3) is 0 Å². The van der Waals surface area contributed by atoms with E-state index in [-0.39, 0.29) is 30.8 Å². The lowest BCUT2D eigenvalue weighted by atomic mass is 9.75. The van der Waals surface area contributed by atoms with Crippen LogP contribution in [0, 0.1) is 5.41 Å². The first-order chi connectivity index (χ1) is 5.90. The molecule has 0 aromatic heterocycles. The fourth-order valence-electron chi connectivity index (χ4n) is 1.48. The predicted molar refractivity (Wildman–Crippen MR) is 53.1 cm³/mol. The highest BCUT2D eigenvalue weighted by Crippen LogP contribution is 2.45. The van der Waals surface area contributed by atoms with Crippen LogP contribution in [-0.4, -0.2) is 11.0 Å². The summed E-state index contributed by atoms with van der Waals surface area (Å²) in [6.45, 7) is 1.74. The second kappa shape index (κ2) is 3.77. The molecule has 0 spiro atoms. The predicted octanol–water partition coefficient (Wildman–Crippen LogP) is 3.31. The van der Waals surface area contributed by atoms with Gasteiger partial charge < -0.3 is 0 Å². The lowest BCUT2D eigenvalue weighted by molar-refractivity contribution is -0.126. The van der Waals surface area contributed by atoms with Gasteiger partial charge in [-0.15, -0.1) is 11.7 Å². The smallest absolute Gasteiger partial charge is 0.248 e. The van der Waals surface area contributed by atoms with Crippen molar-refractivity contribution in [3.8, 4) is 0 Å². The van der Waals surface area contributed by atoms with E-state index in [0.717, 1.165) is 10.8 Å². The number of hydrogen-bond acceptors (Lipinski definition) is 3. The van der Waals surface area contributed by atoms with E-state index in [2.05, 4.69) is 11.7 Å². The van der Waals surface area contributed by atoms with Crippen LogP contribution in [0.1, 0.15) is 32.6 Å². The molecule has 0 N–H and O–H groups in total. The SMILES string of the molecule is CC1(C(=O)SS)CCC(F)(F)CC1. The summed E-state index contributed by atoms with van der Waals surface area (Å²) in [5.74, 6) is -2.57. The summed E-state index contributed by atoms with van der Waals surface area (Å²) in [6, 6.07) is 0. The number of alkyl halides is 2. The van der Waals surface area contributed by atoms with Gasteiger partial charge >= 0.3 is 0 Å². The Bertz CT molecular complexity index is 208. The highest BCUT2D eigenvalue weighted by atomic mass is 33.1. The van der Waals surface area contributed by atoms with Gasteiger partial charge in [0.15, 0.2) is 0 Å². The molecule has 0 aliphatic heterocycles. The first-order valence-electron chi connectivity index (χ1n) is 4.13. The standard InChI is InChI=1S/C8H12F2OS2/c1-7(6(11)13-12)2-4-8(9,10)5-3-7/h12H,2-5H2,1H3. The number of rotatable bonds is 1. The maximum absolute atomic E-state index is 12.8. The maximum atomic E-state index is 12.8. The summed E-state index contributed by atoms with van der Waals surface area (Å²) >= 11 is 3.80. The zero-order chi connectivity index (χ0) is 10.1. The molecule has 1 aliphatic rings. The third-order valence-electron chi connectivity index (χ3n) is 2.66. The van der Waals surface area contributed by atoms with E-state index >= 15 is 0 Å². The molecule has 13 heavy (non-hydrogen) atoms. The number of halogens is 2. The van der Waals surface area contributed by atoms with Gasteiger partial charge in [-0.3, -0.25) is 4.79 Å². The van der Waals surface area contributed by atoms with Crippen LogP contribution in [0.15, 0.2) is 0 Å². The Labute approximate surface area is 85.5 Å². The van der Waals surface area contributed by atoms with Crippen molar-refractivity contribution >= 4 is 27.6 Å². The van der Waals surface area contributed by atoms with Crippen LogP contribution in [0.3, 0.4) is 0 Å². The molecule has 1 saturated carbocycles. The molecule has 1 fully saturated rings. The molecule has 0 atom stereocenters. The molecular weight excluding hydrogens is 214 g/mol. The Balaban J connectivity index is 2.61. The van der Waals surface area contributed by atoms with Crippen molar-refractivity contribution in [3.63, 3.8) is 0 Å². The van der Waals surface area contributed by atoms with E-state index in [1.54, 1.807) is 6.92 Å². The van der Waals surface area contributed by atoms with Crippen molar-refractivity contribution < 1.29 is 13.6 Å². The van der Waals surface area contributed by atoms with Crippen LogP contribution in [-0.2, 0) is 4.79 Å². The molecule has 0 aromatic rings. The molecule has 0 unspecified atom stereocenters. The largest absolute Gasteiger partial charge is 0.286 e. The zero-order valence-corrected chi connectivity index (χ0v) is 9.06. The van der Waals surface area contributed by atoms with E-state index in [0.29, 0.717) is 0 Å². The van der Waals surface area contributed by atoms with Crippen molar-refractivity contribution in [2.45, 2.75) is 38.5 Å². The number of hydrogen-bond donors (Lipinski definition) is 1. The van der Waals surface area contributed by atoms with Crippen molar-refractivity contribution in [2.75, 3.05) is 0 Å². The van der Waals surface area contributed by atoms with Gasteiger partial charge in [-0.1, -0.05) is 6.92 Å². The van der Waals surface area contributed by atoms with Crippen LogP contribution in [0.2, 0.25) is 0 Å². The minimum absolute atomic E-state index is 0.0914. The molecule has 1 aliphatic carbocycles. The first-order valence-corrected chi connectivity index (χ1v) is 6.00. The summed E-state index contributed by atoms with van der Waals surface area (Å²) in [6.07, 6.45) is 0.186. The normalized spacial score (nSPS) is 25.5. The van der Waals surface area contributed by atoms with Crippen molar-refractivity contribution in [2.24, 2.45) is 5.41 Å². The average molecular weight is 226 g/mol. The molecule has 1 nitrogen and oxygen atoms in total. The number of thiol groups is 1. The van der Waals surface area contributed by atoms with Crippen LogP contribution in [0.5, 0.6) is 0 Å². The van der Waals surface area contributed by atoms with Gasteiger partial charge in [0.2, 0.25) is 11.0 Å². The lowest BCUT2D eigenvalue weighted by Gasteiger charge is -2.34. The topological polar surface area (TPSA) is 17.1 Å². The van der Waals surface area contributed by atoms with Crippen LogP contribution in [0.4, 0.5) is 8.78 Å². The summed E-state index contributed by atoms with van der Waals surface area (Å²) in [5.41, 5.74) is -0.589. The van der Waals surface area contributed by atoms with Crippen molar-refractivity contribution in [1.82, 2.24) is 0 Å². The molecule has 0 saturated heterocycles. The Hall–Kier alpha value is 0.230. The highest BCUT2D eigenvalue weighted by molar-refractivity contribution is 8.74. The minimum atomic E-state index is -2.57. The Morgan fingerprint density at radius 2 is 1.77 bits per heavy atom. The highest BCUT2D eigenvalue weighted by Gasteiger charge is 2.44. The third kappa shape index (κ3) is 2.59. The van der Waals surface area contributed by atoms with E-state index < -0.39 is 11.3 Å². The first kappa shape index (κ1) is 11.3. The van der Waals surface area contributed by atoms with Crippen LogP contribution < -0.4 is 0 Å². The molecule has 0 bridgehead atoms. The summed E-state index contributed by atoms with van der Waals surface area (Å²) in [5, 5.41) is -0.0914. The Kier molecular flexibility index (Phi) is 3.28. The fraction of sp³-hybridized carbons (Fsp3) is 0.875.